The zero-order chi connectivity index (χ0) is 13.9. The van der Waals surface area contributed by atoms with Crippen molar-refractivity contribution in [2.75, 3.05) is 19.6 Å². The minimum atomic E-state index is -0.00661. The molecule has 0 aromatic carbocycles. The lowest BCUT2D eigenvalue weighted by Gasteiger charge is -2.50. The highest BCUT2D eigenvalue weighted by Gasteiger charge is 2.52. The van der Waals surface area contributed by atoms with E-state index in [4.69, 9.17) is 4.74 Å². The molecule has 6 rings (SSSR count). The van der Waals surface area contributed by atoms with Gasteiger partial charge in [0.25, 0.3) is 0 Å². The molecule has 3 fully saturated rings. The van der Waals surface area contributed by atoms with E-state index in [9.17, 15) is 0 Å². The summed E-state index contributed by atoms with van der Waals surface area (Å²) in [4.78, 5) is 11.5. The SMILES string of the molecule is c1csc(-c2cnc3c(c2)C[C@@]2(CN4CCC2CC4)O3)n1. The van der Waals surface area contributed by atoms with Crippen LogP contribution in [0.25, 0.3) is 10.6 Å². The highest BCUT2D eigenvalue weighted by atomic mass is 32.1. The standard InChI is InChI=1S/C16H17N3OS/c1-4-19-5-2-13(1)16(10-19)8-11-7-12(9-18-14(11)20-16)15-17-3-6-21-15/h3,6-7,9,13H,1-2,4-5,8,10H2/t16-/m0/s1. The molecule has 2 aromatic heterocycles. The molecule has 0 radical (unpaired) electrons. The normalized spacial score (nSPS) is 33.1. The molecule has 0 unspecified atom stereocenters. The molecule has 1 spiro atoms. The predicted octanol–water partition coefficient (Wildman–Crippen LogP) is 2.60. The van der Waals surface area contributed by atoms with E-state index >= 15 is 0 Å². The number of nitrogens with zero attached hydrogens (tertiary/aromatic N) is 3. The Bertz CT molecular complexity index is 679. The van der Waals surface area contributed by atoms with E-state index in [0.29, 0.717) is 5.92 Å². The van der Waals surface area contributed by atoms with E-state index in [1.165, 1.54) is 31.5 Å². The summed E-state index contributed by atoms with van der Waals surface area (Å²) in [5.41, 5.74) is 2.37. The van der Waals surface area contributed by atoms with Gasteiger partial charge in [0, 0.05) is 47.8 Å². The van der Waals surface area contributed by atoms with Crippen molar-refractivity contribution in [1.82, 2.24) is 14.9 Å². The summed E-state index contributed by atoms with van der Waals surface area (Å²) in [6, 6.07) is 2.23. The van der Waals surface area contributed by atoms with Gasteiger partial charge in [0.1, 0.15) is 10.6 Å². The lowest BCUT2D eigenvalue weighted by Crippen LogP contribution is -2.61. The summed E-state index contributed by atoms with van der Waals surface area (Å²) in [5, 5.41) is 3.05. The largest absolute Gasteiger partial charge is 0.469 e. The zero-order valence-corrected chi connectivity index (χ0v) is 12.6. The summed E-state index contributed by atoms with van der Waals surface area (Å²) in [5.74, 6) is 1.55. The number of ether oxygens (including phenoxy) is 1. The molecule has 3 saturated heterocycles. The summed E-state index contributed by atoms with van der Waals surface area (Å²) in [6.45, 7) is 3.55. The van der Waals surface area contributed by atoms with Crippen LogP contribution in [0.3, 0.4) is 0 Å². The highest BCUT2D eigenvalue weighted by Crippen LogP contribution is 2.46. The monoisotopic (exact) mass is 299 g/mol. The van der Waals surface area contributed by atoms with Crippen LogP contribution in [0.5, 0.6) is 5.88 Å². The van der Waals surface area contributed by atoms with Crippen LogP contribution in [0.4, 0.5) is 0 Å². The third-order valence-corrected chi connectivity index (χ3v) is 6.04. The molecule has 108 valence electrons. The average Bonchev–Trinajstić information content (AvgIpc) is 3.14. The molecule has 0 N–H and O–H groups in total. The second kappa shape index (κ2) is 4.27. The number of fused-ring (bicyclic) bond motifs is 3. The topological polar surface area (TPSA) is 38.2 Å². The van der Waals surface area contributed by atoms with Gasteiger partial charge < -0.3 is 4.74 Å². The predicted molar refractivity (Wildman–Crippen MR) is 81.6 cm³/mol. The quantitative estimate of drug-likeness (QED) is 0.811. The minimum Gasteiger partial charge on any atom is -0.469 e. The highest BCUT2D eigenvalue weighted by molar-refractivity contribution is 7.13. The number of thiazole rings is 1. The van der Waals surface area contributed by atoms with Gasteiger partial charge in [0.2, 0.25) is 5.88 Å². The van der Waals surface area contributed by atoms with Crippen molar-refractivity contribution < 1.29 is 4.74 Å². The summed E-state index contributed by atoms with van der Waals surface area (Å²) in [6.07, 6.45) is 7.30. The molecule has 5 heteroatoms. The van der Waals surface area contributed by atoms with E-state index in [2.05, 4.69) is 20.9 Å². The molecule has 21 heavy (non-hydrogen) atoms. The first-order valence-corrected chi connectivity index (χ1v) is 8.51. The van der Waals surface area contributed by atoms with Crippen molar-refractivity contribution in [3.05, 3.63) is 29.4 Å². The average molecular weight is 299 g/mol. The maximum absolute atomic E-state index is 6.37. The molecule has 4 nitrogen and oxygen atoms in total. The first-order valence-electron chi connectivity index (χ1n) is 7.63. The fourth-order valence-corrected chi connectivity index (χ4v) is 4.81. The molecule has 4 aliphatic heterocycles. The Morgan fingerprint density at radius 3 is 2.90 bits per heavy atom. The van der Waals surface area contributed by atoms with Gasteiger partial charge in [0.15, 0.2) is 0 Å². The fourth-order valence-electron chi connectivity index (χ4n) is 4.19. The van der Waals surface area contributed by atoms with Crippen LogP contribution >= 0.6 is 11.3 Å². The Hall–Kier alpha value is -1.46. The number of piperidine rings is 3. The Kier molecular flexibility index (Phi) is 2.47. The number of rotatable bonds is 1. The van der Waals surface area contributed by atoms with Crippen LogP contribution < -0.4 is 4.74 Å². The van der Waals surface area contributed by atoms with Crippen molar-refractivity contribution in [2.45, 2.75) is 24.9 Å². The first-order chi connectivity index (χ1) is 10.3. The maximum Gasteiger partial charge on any atom is 0.217 e. The van der Waals surface area contributed by atoms with Gasteiger partial charge in [0.05, 0.1) is 0 Å². The maximum atomic E-state index is 6.37. The van der Waals surface area contributed by atoms with E-state index in [1.807, 2.05) is 17.8 Å². The van der Waals surface area contributed by atoms with Crippen LogP contribution in [0.2, 0.25) is 0 Å². The van der Waals surface area contributed by atoms with Gasteiger partial charge in [-0.1, -0.05) is 0 Å². The van der Waals surface area contributed by atoms with Crippen molar-refractivity contribution >= 4 is 11.3 Å². The lowest BCUT2D eigenvalue weighted by molar-refractivity contribution is -0.0814. The van der Waals surface area contributed by atoms with Crippen molar-refractivity contribution in [2.24, 2.45) is 5.92 Å². The van der Waals surface area contributed by atoms with Crippen molar-refractivity contribution in [3.63, 3.8) is 0 Å². The molecule has 0 amide bonds. The molecule has 2 aromatic rings. The Morgan fingerprint density at radius 1 is 1.29 bits per heavy atom. The first kappa shape index (κ1) is 12.1. The van der Waals surface area contributed by atoms with Gasteiger partial charge >= 0.3 is 0 Å². The van der Waals surface area contributed by atoms with E-state index in [1.54, 1.807) is 11.3 Å². The molecular formula is C16H17N3OS. The number of pyridine rings is 1. The Morgan fingerprint density at radius 2 is 2.19 bits per heavy atom. The van der Waals surface area contributed by atoms with Crippen LogP contribution in [-0.4, -0.2) is 40.1 Å². The van der Waals surface area contributed by atoms with Gasteiger partial charge in [-0.3, -0.25) is 4.90 Å². The van der Waals surface area contributed by atoms with Crippen LogP contribution in [0.1, 0.15) is 18.4 Å². The molecule has 2 bridgehead atoms. The van der Waals surface area contributed by atoms with E-state index in [0.717, 1.165) is 29.4 Å². The summed E-state index contributed by atoms with van der Waals surface area (Å²) >= 11 is 1.66. The molecule has 4 aliphatic rings. The zero-order valence-electron chi connectivity index (χ0n) is 11.8. The Balaban J connectivity index is 1.51. The smallest absolute Gasteiger partial charge is 0.217 e. The fraction of sp³-hybridized carbons (Fsp3) is 0.500. The number of aromatic nitrogens is 2. The molecule has 1 atom stereocenters. The summed E-state index contributed by atoms with van der Waals surface area (Å²) in [7, 11) is 0. The van der Waals surface area contributed by atoms with Crippen LogP contribution in [-0.2, 0) is 6.42 Å². The minimum absolute atomic E-state index is 0.00661. The van der Waals surface area contributed by atoms with Crippen LogP contribution in [0.15, 0.2) is 23.8 Å². The van der Waals surface area contributed by atoms with Gasteiger partial charge in [-0.05, 0) is 32.0 Å². The van der Waals surface area contributed by atoms with Crippen molar-refractivity contribution in [3.8, 4) is 16.5 Å². The number of hydrogen-bond acceptors (Lipinski definition) is 5. The number of hydrogen-bond donors (Lipinski definition) is 0. The third-order valence-electron chi connectivity index (χ3n) is 5.22. The van der Waals surface area contributed by atoms with E-state index in [-0.39, 0.29) is 5.60 Å². The second-order valence-electron chi connectivity index (χ2n) is 6.42. The van der Waals surface area contributed by atoms with Gasteiger partial charge in [-0.15, -0.1) is 11.3 Å². The lowest BCUT2D eigenvalue weighted by atomic mass is 9.73. The van der Waals surface area contributed by atoms with Crippen molar-refractivity contribution in [1.29, 1.82) is 0 Å². The summed E-state index contributed by atoms with van der Waals surface area (Å²) < 4.78 is 6.37. The van der Waals surface area contributed by atoms with E-state index < -0.39 is 0 Å². The molecule has 6 heterocycles. The third kappa shape index (κ3) is 1.77. The van der Waals surface area contributed by atoms with Gasteiger partial charge in [-0.25, -0.2) is 9.97 Å². The second-order valence-corrected chi connectivity index (χ2v) is 7.31. The molecule has 0 aliphatic carbocycles. The Labute approximate surface area is 127 Å². The molecule has 0 saturated carbocycles. The van der Waals surface area contributed by atoms with Crippen LogP contribution in [0, 0.1) is 5.92 Å². The van der Waals surface area contributed by atoms with Gasteiger partial charge in [-0.2, -0.15) is 0 Å². The molecular weight excluding hydrogens is 282 g/mol.